The lowest BCUT2D eigenvalue weighted by molar-refractivity contribution is -0.384. The van der Waals surface area contributed by atoms with E-state index in [1.165, 1.54) is 18.2 Å². The summed E-state index contributed by atoms with van der Waals surface area (Å²) < 4.78 is 0.473. The molecule has 0 radical (unpaired) electrons. The quantitative estimate of drug-likeness (QED) is 0.418. The number of carbonyl (C=O) groups is 1. The summed E-state index contributed by atoms with van der Waals surface area (Å²) in [5.74, 6) is -0.244. The molecule has 3 rings (SSSR count). The number of hydrogen-bond donors (Lipinski definition) is 1. The highest BCUT2D eigenvalue weighted by Crippen LogP contribution is 2.30. The number of nitrogens with zero attached hydrogens (tertiary/aromatic N) is 1. The summed E-state index contributed by atoms with van der Waals surface area (Å²) in [4.78, 5) is 23.0. The van der Waals surface area contributed by atoms with E-state index < -0.39 is 4.92 Å². The van der Waals surface area contributed by atoms with E-state index in [1.54, 1.807) is 0 Å². The van der Waals surface area contributed by atoms with Gasteiger partial charge in [0.25, 0.3) is 5.69 Å². The second-order valence-corrected chi connectivity index (χ2v) is 6.90. The van der Waals surface area contributed by atoms with Crippen molar-refractivity contribution in [2.24, 2.45) is 0 Å². The van der Waals surface area contributed by atoms with E-state index in [1.807, 2.05) is 60.7 Å². The summed E-state index contributed by atoms with van der Waals surface area (Å²) in [5.41, 5.74) is 2.58. The maximum atomic E-state index is 12.7. The highest BCUT2D eigenvalue weighted by molar-refractivity contribution is 9.10. The number of nitro benzene ring substituents is 1. The van der Waals surface area contributed by atoms with Crippen molar-refractivity contribution in [1.29, 1.82) is 0 Å². The molecule has 0 unspecified atom stereocenters. The molecule has 0 saturated carbocycles. The van der Waals surface area contributed by atoms with Crippen molar-refractivity contribution in [2.45, 2.75) is 12.3 Å². The van der Waals surface area contributed by atoms with E-state index in [4.69, 9.17) is 0 Å². The lowest BCUT2D eigenvalue weighted by Crippen LogP contribution is -2.16. The first-order chi connectivity index (χ1) is 13.0. The zero-order valence-electron chi connectivity index (χ0n) is 14.3. The highest BCUT2D eigenvalue weighted by atomic mass is 79.9. The first kappa shape index (κ1) is 18.8. The van der Waals surface area contributed by atoms with E-state index in [9.17, 15) is 14.9 Å². The Kier molecular flexibility index (Phi) is 5.98. The number of non-ortho nitro benzene ring substituents is 1. The van der Waals surface area contributed by atoms with Crippen LogP contribution < -0.4 is 5.32 Å². The van der Waals surface area contributed by atoms with Crippen LogP contribution in [0.3, 0.4) is 0 Å². The van der Waals surface area contributed by atoms with Crippen molar-refractivity contribution >= 4 is 33.2 Å². The van der Waals surface area contributed by atoms with Crippen LogP contribution in [0.4, 0.5) is 11.4 Å². The number of carbonyl (C=O) groups excluding carboxylic acids is 1. The smallest absolute Gasteiger partial charge is 0.270 e. The number of anilines is 1. The van der Waals surface area contributed by atoms with Crippen molar-refractivity contribution < 1.29 is 9.72 Å². The Morgan fingerprint density at radius 1 is 0.963 bits per heavy atom. The first-order valence-electron chi connectivity index (χ1n) is 8.38. The van der Waals surface area contributed by atoms with E-state index in [-0.39, 0.29) is 23.9 Å². The van der Waals surface area contributed by atoms with Gasteiger partial charge in [0.1, 0.15) is 0 Å². The summed E-state index contributed by atoms with van der Waals surface area (Å²) in [6.07, 6.45) is 0.261. The van der Waals surface area contributed by atoms with Gasteiger partial charge in [-0.15, -0.1) is 0 Å². The second-order valence-electron chi connectivity index (χ2n) is 6.05. The van der Waals surface area contributed by atoms with Crippen LogP contribution in [0.5, 0.6) is 0 Å². The number of nitrogens with one attached hydrogen (secondary N) is 1. The van der Waals surface area contributed by atoms with E-state index >= 15 is 0 Å². The van der Waals surface area contributed by atoms with Crippen molar-refractivity contribution in [3.8, 4) is 0 Å². The van der Waals surface area contributed by atoms with Crippen LogP contribution in [-0.4, -0.2) is 10.8 Å². The minimum Gasteiger partial charge on any atom is -0.325 e. The van der Waals surface area contributed by atoms with Gasteiger partial charge in [0.05, 0.1) is 10.6 Å². The summed E-state index contributed by atoms with van der Waals surface area (Å²) >= 11 is 3.28. The third-order valence-electron chi connectivity index (χ3n) is 4.23. The molecule has 0 spiro atoms. The molecule has 0 saturated heterocycles. The normalized spacial score (nSPS) is 10.6. The molecule has 6 heteroatoms. The Morgan fingerprint density at radius 2 is 1.52 bits per heavy atom. The van der Waals surface area contributed by atoms with Crippen molar-refractivity contribution in [2.75, 3.05) is 5.32 Å². The van der Waals surface area contributed by atoms with Gasteiger partial charge >= 0.3 is 0 Å². The number of benzene rings is 3. The molecule has 3 aromatic rings. The van der Waals surface area contributed by atoms with Gasteiger partial charge in [-0.25, -0.2) is 0 Å². The van der Waals surface area contributed by atoms with Crippen molar-refractivity contribution in [1.82, 2.24) is 0 Å². The minimum atomic E-state index is -0.475. The molecular formula is C21H17BrN2O3. The molecule has 0 fully saturated rings. The Bertz CT molecular complexity index is 907. The van der Waals surface area contributed by atoms with Crippen LogP contribution in [-0.2, 0) is 4.79 Å². The van der Waals surface area contributed by atoms with E-state index in [0.29, 0.717) is 10.2 Å². The van der Waals surface area contributed by atoms with Crippen LogP contribution in [0.15, 0.2) is 83.3 Å². The van der Waals surface area contributed by atoms with Gasteiger partial charge in [0.2, 0.25) is 5.91 Å². The lowest BCUT2D eigenvalue weighted by atomic mass is 9.88. The van der Waals surface area contributed by atoms with Crippen LogP contribution in [0, 0.1) is 10.1 Å². The Morgan fingerprint density at radius 3 is 2.00 bits per heavy atom. The molecule has 1 N–H and O–H groups in total. The monoisotopic (exact) mass is 424 g/mol. The number of amides is 1. The fourth-order valence-corrected chi connectivity index (χ4v) is 3.37. The molecule has 0 aliphatic carbocycles. The van der Waals surface area contributed by atoms with Gasteiger partial charge in [0, 0.05) is 28.9 Å². The Balaban J connectivity index is 1.80. The molecule has 0 atom stereocenters. The molecule has 5 nitrogen and oxygen atoms in total. The molecule has 1 amide bonds. The average Bonchev–Trinajstić information content (AvgIpc) is 2.69. The Hall–Kier alpha value is -2.99. The first-order valence-corrected chi connectivity index (χ1v) is 9.17. The molecule has 0 bridgehead atoms. The summed E-state index contributed by atoms with van der Waals surface area (Å²) in [6.45, 7) is 0. The van der Waals surface area contributed by atoms with Crippen LogP contribution in [0.2, 0.25) is 0 Å². The molecule has 0 aliphatic rings. The van der Waals surface area contributed by atoms with Gasteiger partial charge in [0.15, 0.2) is 0 Å². The summed E-state index contributed by atoms with van der Waals surface area (Å²) in [6, 6.07) is 24.0. The molecule has 3 aromatic carbocycles. The number of hydrogen-bond acceptors (Lipinski definition) is 3. The molecule has 0 heterocycles. The molecule has 0 aromatic heterocycles. The minimum absolute atomic E-state index is 0.0358. The number of rotatable bonds is 6. The van der Waals surface area contributed by atoms with Gasteiger partial charge < -0.3 is 5.32 Å². The molecular weight excluding hydrogens is 408 g/mol. The van der Waals surface area contributed by atoms with Crippen LogP contribution in [0.1, 0.15) is 23.5 Å². The predicted octanol–water partition coefficient (Wildman–Crippen LogP) is 5.52. The van der Waals surface area contributed by atoms with Gasteiger partial charge in [-0.1, -0.05) is 60.7 Å². The third kappa shape index (κ3) is 4.80. The summed E-state index contributed by atoms with van der Waals surface area (Å²) in [7, 11) is 0. The second kappa shape index (κ2) is 8.60. The largest absolute Gasteiger partial charge is 0.325 e. The van der Waals surface area contributed by atoms with Crippen molar-refractivity contribution in [3.63, 3.8) is 0 Å². The summed E-state index contributed by atoms with van der Waals surface area (Å²) in [5, 5.41) is 13.7. The molecule has 27 heavy (non-hydrogen) atoms. The lowest BCUT2D eigenvalue weighted by Gasteiger charge is -2.18. The third-order valence-corrected chi connectivity index (χ3v) is 4.89. The van der Waals surface area contributed by atoms with Crippen LogP contribution >= 0.6 is 15.9 Å². The number of nitro groups is 1. The maximum absolute atomic E-state index is 12.7. The maximum Gasteiger partial charge on any atom is 0.270 e. The topological polar surface area (TPSA) is 72.2 Å². The van der Waals surface area contributed by atoms with Gasteiger partial charge in [-0.05, 0) is 33.1 Å². The SMILES string of the molecule is O=C(CC(c1ccccc1)c1ccccc1)Nc1ccc([N+](=O)[O-])cc1Br. The average molecular weight is 425 g/mol. The van der Waals surface area contributed by atoms with E-state index in [2.05, 4.69) is 21.2 Å². The zero-order valence-corrected chi connectivity index (χ0v) is 15.9. The van der Waals surface area contributed by atoms with Gasteiger partial charge in [-0.3, -0.25) is 14.9 Å². The van der Waals surface area contributed by atoms with Crippen molar-refractivity contribution in [3.05, 3.63) is 105 Å². The van der Waals surface area contributed by atoms with Crippen LogP contribution in [0.25, 0.3) is 0 Å². The number of halogens is 1. The molecule has 136 valence electrons. The predicted molar refractivity (Wildman–Crippen MR) is 109 cm³/mol. The highest BCUT2D eigenvalue weighted by Gasteiger charge is 2.19. The fraction of sp³-hybridized carbons (Fsp3) is 0.0952. The van der Waals surface area contributed by atoms with Gasteiger partial charge in [-0.2, -0.15) is 0 Å². The Labute approximate surface area is 165 Å². The zero-order chi connectivity index (χ0) is 19.2. The van der Waals surface area contributed by atoms with E-state index in [0.717, 1.165) is 11.1 Å². The standard InChI is InChI=1S/C21H17BrN2O3/c22-19-13-17(24(26)27)11-12-20(19)23-21(25)14-18(15-7-3-1-4-8-15)16-9-5-2-6-10-16/h1-13,18H,14H2,(H,23,25). The molecule has 0 aliphatic heterocycles. The fourth-order valence-electron chi connectivity index (χ4n) is 2.90.